The quantitative estimate of drug-likeness (QED) is 0.845. The third kappa shape index (κ3) is 2.26. The predicted octanol–water partition coefficient (Wildman–Crippen LogP) is 1.66. The highest BCUT2D eigenvalue weighted by Gasteiger charge is 2.01. The van der Waals surface area contributed by atoms with Crippen LogP contribution >= 0.6 is 0 Å². The van der Waals surface area contributed by atoms with Gasteiger partial charge in [-0.2, -0.15) is 0 Å². The lowest BCUT2D eigenvalue weighted by Gasteiger charge is -2.11. The highest BCUT2D eigenvalue weighted by Crippen LogP contribution is 2.17. The normalized spacial score (nSPS) is 11.5. The molecule has 1 heterocycles. The van der Waals surface area contributed by atoms with Crippen molar-refractivity contribution in [3.8, 4) is 0 Å². The largest absolute Gasteiger partial charge is 0.346 e. The van der Waals surface area contributed by atoms with Crippen LogP contribution in [0, 0.1) is 0 Å². The highest BCUT2D eigenvalue weighted by molar-refractivity contribution is 5.80. The molecular formula is C13H19N3. The Morgan fingerprint density at radius 1 is 1.25 bits per heavy atom. The van der Waals surface area contributed by atoms with Gasteiger partial charge in [0.15, 0.2) is 0 Å². The first-order valence-electron chi connectivity index (χ1n) is 5.63. The molecule has 3 nitrogen and oxygen atoms in total. The van der Waals surface area contributed by atoms with Gasteiger partial charge in [0, 0.05) is 31.3 Å². The first kappa shape index (κ1) is 11.2. The Hall–Kier alpha value is -1.32. The van der Waals surface area contributed by atoms with Crippen molar-refractivity contribution < 1.29 is 0 Å². The zero-order chi connectivity index (χ0) is 11.5. The lowest BCUT2D eigenvalue weighted by Crippen LogP contribution is -2.17. The number of hydrogen-bond donors (Lipinski definition) is 1. The number of aromatic nitrogens is 1. The Balaban J connectivity index is 2.27. The summed E-state index contributed by atoms with van der Waals surface area (Å²) < 4.78 is 2.29. The average molecular weight is 217 g/mol. The maximum atomic E-state index is 5.63. The first-order chi connectivity index (χ1) is 7.70. The van der Waals surface area contributed by atoms with E-state index in [4.69, 9.17) is 5.73 Å². The Bertz CT molecular complexity index is 471. The van der Waals surface area contributed by atoms with Gasteiger partial charge < -0.3 is 15.2 Å². The van der Waals surface area contributed by atoms with Crippen molar-refractivity contribution in [3.05, 3.63) is 36.0 Å². The minimum absolute atomic E-state index is 0.610. The summed E-state index contributed by atoms with van der Waals surface area (Å²) in [4.78, 5) is 2.19. The minimum atomic E-state index is 0.610. The second-order valence-electron chi connectivity index (χ2n) is 4.41. The van der Waals surface area contributed by atoms with Gasteiger partial charge in [-0.05, 0) is 43.2 Å². The maximum absolute atomic E-state index is 5.63. The molecule has 16 heavy (non-hydrogen) atoms. The zero-order valence-corrected chi connectivity index (χ0v) is 9.98. The molecule has 1 aromatic carbocycles. The van der Waals surface area contributed by atoms with Gasteiger partial charge in [-0.3, -0.25) is 0 Å². The fourth-order valence-electron chi connectivity index (χ4n) is 1.88. The fraction of sp³-hybridized carbons (Fsp3) is 0.385. The number of fused-ring (bicyclic) bond motifs is 1. The van der Waals surface area contributed by atoms with Crippen molar-refractivity contribution in [3.63, 3.8) is 0 Å². The summed E-state index contributed by atoms with van der Waals surface area (Å²) in [7, 11) is 4.19. The third-order valence-electron chi connectivity index (χ3n) is 2.86. The smallest absolute Gasteiger partial charge is 0.0480 e. The van der Waals surface area contributed by atoms with Crippen LogP contribution in [0.5, 0.6) is 0 Å². The number of likely N-dealkylation sites (N-methyl/N-ethyl adjacent to an activating group) is 1. The van der Waals surface area contributed by atoms with Gasteiger partial charge in [0.2, 0.25) is 0 Å². The van der Waals surface area contributed by atoms with E-state index in [-0.39, 0.29) is 0 Å². The summed E-state index contributed by atoms with van der Waals surface area (Å²) in [5.41, 5.74) is 8.12. The monoisotopic (exact) mass is 217 g/mol. The summed E-state index contributed by atoms with van der Waals surface area (Å²) in [5.74, 6) is 0. The molecule has 0 unspecified atom stereocenters. The van der Waals surface area contributed by atoms with Crippen molar-refractivity contribution in [2.75, 3.05) is 20.6 Å². The number of nitrogens with two attached hydrogens (primary N) is 1. The second kappa shape index (κ2) is 4.68. The summed E-state index contributed by atoms with van der Waals surface area (Å²) >= 11 is 0. The molecule has 0 saturated carbocycles. The van der Waals surface area contributed by atoms with E-state index in [2.05, 4.69) is 54.0 Å². The second-order valence-corrected chi connectivity index (χ2v) is 4.41. The van der Waals surface area contributed by atoms with E-state index in [0.29, 0.717) is 6.54 Å². The molecule has 0 radical (unpaired) electrons. The first-order valence-corrected chi connectivity index (χ1v) is 5.63. The molecule has 2 rings (SSSR count). The molecule has 0 atom stereocenters. The van der Waals surface area contributed by atoms with Gasteiger partial charge in [-0.25, -0.2) is 0 Å². The van der Waals surface area contributed by atoms with Crippen molar-refractivity contribution >= 4 is 10.9 Å². The molecule has 86 valence electrons. The Morgan fingerprint density at radius 2 is 2.06 bits per heavy atom. The van der Waals surface area contributed by atoms with Crippen molar-refractivity contribution in [2.24, 2.45) is 5.73 Å². The number of nitrogens with zero attached hydrogens (tertiary/aromatic N) is 2. The number of benzene rings is 1. The molecule has 0 fully saturated rings. The predicted molar refractivity (Wildman–Crippen MR) is 68.4 cm³/mol. The van der Waals surface area contributed by atoms with E-state index in [1.54, 1.807) is 0 Å². The molecule has 3 heteroatoms. The third-order valence-corrected chi connectivity index (χ3v) is 2.86. The Kier molecular flexibility index (Phi) is 3.27. The van der Waals surface area contributed by atoms with E-state index in [0.717, 1.165) is 13.1 Å². The highest BCUT2D eigenvalue weighted by atomic mass is 15.1. The van der Waals surface area contributed by atoms with Crippen LogP contribution in [0.15, 0.2) is 30.5 Å². The van der Waals surface area contributed by atoms with Crippen molar-refractivity contribution in [1.29, 1.82) is 0 Å². The van der Waals surface area contributed by atoms with Gasteiger partial charge in [0.1, 0.15) is 0 Å². The van der Waals surface area contributed by atoms with Crippen LogP contribution in [0.3, 0.4) is 0 Å². The molecule has 2 N–H and O–H groups in total. The van der Waals surface area contributed by atoms with Crippen LogP contribution in [-0.2, 0) is 13.1 Å². The van der Waals surface area contributed by atoms with Crippen molar-refractivity contribution in [2.45, 2.75) is 13.1 Å². The van der Waals surface area contributed by atoms with Crippen LogP contribution < -0.4 is 5.73 Å². The lowest BCUT2D eigenvalue weighted by molar-refractivity contribution is 0.387. The fourth-order valence-corrected chi connectivity index (χ4v) is 1.88. The van der Waals surface area contributed by atoms with E-state index in [1.165, 1.54) is 16.5 Å². The summed E-state index contributed by atoms with van der Waals surface area (Å²) in [6.45, 7) is 2.69. The molecule has 2 aromatic rings. The van der Waals surface area contributed by atoms with Crippen LogP contribution in [0.25, 0.3) is 10.9 Å². The topological polar surface area (TPSA) is 34.2 Å². The number of hydrogen-bond acceptors (Lipinski definition) is 2. The average Bonchev–Trinajstić information content (AvgIpc) is 2.68. The molecular weight excluding hydrogens is 198 g/mol. The molecule has 0 spiro atoms. The summed E-state index contributed by atoms with van der Waals surface area (Å²) in [5, 5.41) is 1.28. The molecule has 0 aliphatic carbocycles. The van der Waals surface area contributed by atoms with Gasteiger partial charge in [0.25, 0.3) is 0 Å². The molecule has 0 bridgehead atoms. The molecule has 0 saturated heterocycles. The van der Waals surface area contributed by atoms with E-state index >= 15 is 0 Å². The van der Waals surface area contributed by atoms with Gasteiger partial charge in [0.05, 0.1) is 0 Å². The van der Waals surface area contributed by atoms with Gasteiger partial charge >= 0.3 is 0 Å². The molecule has 0 aliphatic rings. The SMILES string of the molecule is CN(C)CCn1ccc2cc(CN)ccc21. The molecule has 0 aliphatic heterocycles. The van der Waals surface area contributed by atoms with Crippen LogP contribution in [0.4, 0.5) is 0 Å². The summed E-state index contributed by atoms with van der Waals surface area (Å²) in [6.07, 6.45) is 2.15. The van der Waals surface area contributed by atoms with Crippen LogP contribution in [-0.4, -0.2) is 30.1 Å². The van der Waals surface area contributed by atoms with Gasteiger partial charge in [-0.1, -0.05) is 6.07 Å². The zero-order valence-electron chi connectivity index (χ0n) is 9.98. The lowest BCUT2D eigenvalue weighted by atomic mass is 10.1. The van der Waals surface area contributed by atoms with Crippen molar-refractivity contribution in [1.82, 2.24) is 9.47 Å². The standard InChI is InChI=1S/C13H19N3/c1-15(2)7-8-16-6-5-12-9-11(10-14)3-4-13(12)16/h3-6,9H,7-8,10,14H2,1-2H3. The van der Waals surface area contributed by atoms with Gasteiger partial charge in [-0.15, -0.1) is 0 Å². The molecule has 0 amide bonds. The van der Waals surface area contributed by atoms with E-state index < -0.39 is 0 Å². The minimum Gasteiger partial charge on any atom is -0.346 e. The number of rotatable bonds is 4. The van der Waals surface area contributed by atoms with E-state index in [1.807, 2.05) is 0 Å². The Labute approximate surface area is 96.5 Å². The van der Waals surface area contributed by atoms with E-state index in [9.17, 15) is 0 Å². The Morgan fingerprint density at radius 3 is 2.75 bits per heavy atom. The van der Waals surface area contributed by atoms with Crippen LogP contribution in [0.1, 0.15) is 5.56 Å². The van der Waals surface area contributed by atoms with Crippen LogP contribution in [0.2, 0.25) is 0 Å². The summed E-state index contributed by atoms with van der Waals surface area (Å²) in [6, 6.07) is 8.59. The maximum Gasteiger partial charge on any atom is 0.0480 e. The molecule has 1 aromatic heterocycles.